The fourth-order valence-electron chi connectivity index (χ4n) is 9.01. The van der Waals surface area contributed by atoms with Gasteiger partial charge in [0.2, 0.25) is 0 Å². The number of carbonyl (C=O) groups excluding carboxylic acids is 2. The van der Waals surface area contributed by atoms with E-state index in [1.165, 1.54) is 5.56 Å². The summed E-state index contributed by atoms with van der Waals surface area (Å²) in [5.74, 6) is -2.92. The van der Waals surface area contributed by atoms with E-state index in [0.29, 0.717) is 43.5 Å². The van der Waals surface area contributed by atoms with Gasteiger partial charge in [0.1, 0.15) is 11.5 Å². The van der Waals surface area contributed by atoms with Gasteiger partial charge >= 0.3 is 18.2 Å². The molecule has 0 radical (unpaired) electrons. The van der Waals surface area contributed by atoms with Crippen molar-refractivity contribution in [3.05, 3.63) is 28.8 Å². The topological polar surface area (TPSA) is 66.9 Å². The molecule has 3 fully saturated rings. The standard InChI is InChI=1S/C35H49F5N2O4S/c1-22-19-27-24(21-29(22)46-32(44)42-15-11-25(12-16-42)41(3)4)20-23(31-26(27)10-14-33(2)28(31)8-9-30(33)43)7-5-17-47(45)18-6-13-34(36,37)35(38,39)40/h19,21,23,25-26,28,31H,5-18,20H2,1-4H3/t23-,26-,28+,31-,33+,47?/m1/s1. The Kier molecular flexibility index (Phi) is 10.8. The summed E-state index contributed by atoms with van der Waals surface area (Å²) in [5, 5.41) is 0. The van der Waals surface area contributed by atoms with Crippen molar-refractivity contribution in [1.82, 2.24) is 9.80 Å². The number of fused-ring (bicyclic) bond motifs is 5. The Labute approximate surface area is 277 Å². The van der Waals surface area contributed by atoms with Crippen LogP contribution in [-0.4, -0.2) is 82.7 Å². The number of aryl methyl sites for hydroxylation is 1. The van der Waals surface area contributed by atoms with Crippen LogP contribution in [0.15, 0.2) is 12.1 Å². The summed E-state index contributed by atoms with van der Waals surface area (Å²) >= 11 is 0. The van der Waals surface area contributed by atoms with E-state index < -0.39 is 35.7 Å². The number of benzene rings is 1. The van der Waals surface area contributed by atoms with E-state index in [9.17, 15) is 35.8 Å². The van der Waals surface area contributed by atoms with Crippen molar-refractivity contribution < 1.29 is 40.5 Å². The van der Waals surface area contributed by atoms with Crippen LogP contribution in [0.4, 0.5) is 26.7 Å². The highest BCUT2D eigenvalue weighted by molar-refractivity contribution is 7.84. The highest BCUT2D eigenvalue weighted by Gasteiger charge is 2.57. The Morgan fingerprint density at radius 2 is 1.74 bits per heavy atom. The first kappa shape index (κ1) is 36.2. The summed E-state index contributed by atoms with van der Waals surface area (Å²) in [5.41, 5.74) is 2.93. The molecule has 1 saturated heterocycles. The smallest absolute Gasteiger partial charge is 0.410 e. The number of ether oxygens (including phenoxy) is 1. The zero-order valence-corrected chi connectivity index (χ0v) is 28.8. The lowest BCUT2D eigenvalue weighted by atomic mass is 9.52. The minimum absolute atomic E-state index is 0.186. The van der Waals surface area contributed by atoms with Gasteiger partial charge in [-0.2, -0.15) is 22.0 Å². The molecule has 1 heterocycles. The summed E-state index contributed by atoms with van der Waals surface area (Å²) in [4.78, 5) is 30.2. The molecule has 1 aromatic carbocycles. The molecule has 6 nitrogen and oxygen atoms in total. The van der Waals surface area contributed by atoms with E-state index in [-0.39, 0.29) is 46.7 Å². The molecule has 0 bridgehead atoms. The van der Waals surface area contributed by atoms with Crippen LogP contribution in [0.25, 0.3) is 0 Å². The highest BCUT2D eigenvalue weighted by atomic mass is 32.2. The van der Waals surface area contributed by atoms with Crippen molar-refractivity contribution in [3.63, 3.8) is 0 Å². The summed E-state index contributed by atoms with van der Waals surface area (Å²) in [6.45, 7) is 5.36. The summed E-state index contributed by atoms with van der Waals surface area (Å²) in [6.07, 6.45) is -0.847. The lowest BCUT2D eigenvalue weighted by molar-refractivity contribution is -0.284. The number of piperidine rings is 1. The van der Waals surface area contributed by atoms with Gasteiger partial charge in [-0.05, 0) is 125 Å². The van der Waals surface area contributed by atoms with Gasteiger partial charge in [-0.25, -0.2) is 4.79 Å². The molecule has 264 valence electrons. The van der Waals surface area contributed by atoms with Gasteiger partial charge < -0.3 is 14.5 Å². The molecular formula is C35H49F5N2O4S. The number of alkyl halides is 5. The van der Waals surface area contributed by atoms with Crippen LogP contribution in [0.2, 0.25) is 0 Å². The minimum Gasteiger partial charge on any atom is -0.410 e. The Balaban J connectivity index is 1.28. The third-order valence-corrected chi connectivity index (χ3v) is 13.3. The number of ketones is 1. The molecule has 3 aliphatic carbocycles. The fraction of sp³-hybridized carbons (Fsp3) is 0.771. The average Bonchev–Trinajstić information content (AvgIpc) is 3.30. The van der Waals surface area contributed by atoms with Gasteiger partial charge in [0.25, 0.3) is 0 Å². The normalized spacial score (nSPS) is 29.0. The monoisotopic (exact) mass is 688 g/mol. The maximum atomic E-state index is 13.3. The van der Waals surface area contributed by atoms with Crippen LogP contribution in [0.3, 0.4) is 0 Å². The minimum atomic E-state index is -5.60. The molecule has 2 saturated carbocycles. The maximum Gasteiger partial charge on any atom is 0.453 e. The van der Waals surface area contributed by atoms with E-state index in [1.807, 2.05) is 13.0 Å². The molecular weight excluding hydrogens is 639 g/mol. The lowest BCUT2D eigenvalue weighted by Gasteiger charge is -2.52. The van der Waals surface area contributed by atoms with E-state index in [4.69, 9.17) is 4.74 Å². The number of likely N-dealkylation sites (tertiary alicyclic amines) is 1. The molecule has 1 amide bonds. The Bertz CT molecular complexity index is 1350. The molecule has 1 unspecified atom stereocenters. The van der Waals surface area contributed by atoms with E-state index in [1.54, 1.807) is 4.90 Å². The molecule has 0 N–H and O–H groups in total. The Morgan fingerprint density at radius 1 is 1.06 bits per heavy atom. The van der Waals surface area contributed by atoms with Crippen LogP contribution in [0.5, 0.6) is 5.75 Å². The van der Waals surface area contributed by atoms with Crippen LogP contribution >= 0.6 is 0 Å². The number of nitrogens with zero attached hydrogens (tertiary/aromatic N) is 2. The number of carbonyl (C=O) groups is 2. The number of halogens is 5. The first-order chi connectivity index (χ1) is 22.0. The van der Waals surface area contributed by atoms with Crippen molar-refractivity contribution in [1.29, 1.82) is 0 Å². The molecule has 5 rings (SSSR count). The van der Waals surface area contributed by atoms with E-state index in [2.05, 4.69) is 32.0 Å². The predicted molar refractivity (Wildman–Crippen MR) is 171 cm³/mol. The summed E-state index contributed by atoms with van der Waals surface area (Å²) in [6, 6.07) is 4.61. The quantitative estimate of drug-likeness (QED) is 0.236. The van der Waals surface area contributed by atoms with E-state index >= 15 is 0 Å². The summed E-state index contributed by atoms with van der Waals surface area (Å²) in [7, 11) is 2.60. The second-order valence-corrected chi connectivity index (χ2v) is 16.5. The number of amides is 1. The first-order valence-electron chi connectivity index (χ1n) is 17.1. The number of hydrogen-bond acceptors (Lipinski definition) is 5. The highest BCUT2D eigenvalue weighted by Crippen LogP contribution is 2.61. The fourth-order valence-corrected chi connectivity index (χ4v) is 10.2. The second kappa shape index (κ2) is 14.0. The molecule has 0 spiro atoms. The average molecular weight is 689 g/mol. The molecule has 1 aliphatic heterocycles. The molecule has 47 heavy (non-hydrogen) atoms. The van der Waals surface area contributed by atoms with Crippen LogP contribution in [0.1, 0.15) is 93.7 Å². The maximum absolute atomic E-state index is 13.3. The van der Waals surface area contributed by atoms with Crippen molar-refractivity contribution in [2.24, 2.45) is 23.2 Å². The zero-order chi connectivity index (χ0) is 34.3. The third-order valence-electron chi connectivity index (χ3n) is 11.8. The molecule has 4 aliphatic rings. The third kappa shape index (κ3) is 7.58. The van der Waals surface area contributed by atoms with Crippen LogP contribution < -0.4 is 4.74 Å². The second-order valence-electron chi connectivity index (χ2n) is 14.8. The SMILES string of the molecule is Cc1cc2c(cc1OC(=O)N1CCC(N(C)C)CC1)C[C@@H](CCCS(=O)CCCC(F)(F)C(F)(F)F)[C@@H]1[C@@H]2CC[C@]2(C)C(=O)CC[C@@H]12. The lowest BCUT2D eigenvalue weighted by Crippen LogP contribution is -2.46. The molecule has 12 heteroatoms. The molecule has 0 aromatic heterocycles. The van der Waals surface area contributed by atoms with Gasteiger partial charge in [-0.1, -0.05) is 13.0 Å². The van der Waals surface area contributed by atoms with Gasteiger partial charge in [-0.3, -0.25) is 9.00 Å². The number of Topliss-reactive ketones (excluding diaryl/α,β-unsaturated/α-hetero) is 1. The largest absolute Gasteiger partial charge is 0.453 e. The molecule has 6 atom stereocenters. The Hall–Kier alpha value is -2.08. The van der Waals surface area contributed by atoms with Crippen molar-refractivity contribution in [2.75, 3.05) is 38.7 Å². The first-order valence-corrected chi connectivity index (χ1v) is 18.6. The van der Waals surface area contributed by atoms with Crippen LogP contribution in [-0.2, 0) is 22.0 Å². The van der Waals surface area contributed by atoms with Crippen molar-refractivity contribution in [3.8, 4) is 5.75 Å². The van der Waals surface area contributed by atoms with Gasteiger partial charge in [0.05, 0.1) is 0 Å². The van der Waals surface area contributed by atoms with Gasteiger partial charge in [0, 0.05) is 59.7 Å². The predicted octanol–water partition coefficient (Wildman–Crippen LogP) is 7.68. The number of hydrogen-bond donors (Lipinski definition) is 0. The van der Waals surface area contributed by atoms with Crippen molar-refractivity contribution >= 4 is 22.7 Å². The van der Waals surface area contributed by atoms with E-state index in [0.717, 1.165) is 56.1 Å². The van der Waals surface area contributed by atoms with Crippen molar-refractivity contribution in [2.45, 2.75) is 109 Å². The molecule has 1 aromatic rings. The van der Waals surface area contributed by atoms with Gasteiger partial charge in [-0.15, -0.1) is 0 Å². The zero-order valence-electron chi connectivity index (χ0n) is 28.0. The van der Waals surface area contributed by atoms with Gasteiger partial charge in [0.15, 0.2) is 0 Å². The number of rotatable bonds is 10. The van der Waals surface area contributed by atoms with Crippen LogP contribution in [0, 0.1) is 30.1 Å². The Morgan fingerprint density at radius 3 is 2.40 bits per heavy atom. The summed E-state index contributed by atoms with van der Waals surface area (Å²) < 4.78 is 82.7.